The summed E-state index contributed by atoms with van der Waals surface area (Å²) < 4.78 is 0. The van der Waals surface area contributed by atoms with Gasteiger partial charge in [-0.15, -0.1) is 12.4 Å². The number of halogens is 1. The first kappa shape index (κ1) is 19.0. The smallest absolute Gasteiger partial charge is 0.227 e. The van der Waals surface area contributed by atoms with Crippen molar-refractivity contribution in [2.45, 2.75) is 0 Å². The number of guanidine groups is 1. The van der Waals surface area contributed by atoms with Crippen molar-refractivity contribution >= 4 is 29.9 Å². The molecule has 132 valence electrons. The van der Waals surface area contributed by atoms with Crippen LogP contribution in [0.1, 0.15) is 5.56 Å². The topological polar surface area (TPSA) is 57.2 Å². The predicted octanol–water partition coefficient (Wildman–Crippen LogP) is 2.75. The number of hydrogen-bond donors (Lipinski definition) is 1. The SMILES string of the molecule is CN1CCN(C(=Nc2ccccc2)/N=C(/N)c2ccccc2)CC1.Cl. The Kier molecular flexibility index (Phi) is 6.98. The van der Waals surface area contributed by atoms with Crippen molar-refractivity contribution in [3.63, 3.8) is 0 Å². The van der Waals surface area contributed by atoms with Gasteiger partial charge >= 0.3 is 0 Å². The van der Waals surface area contributed by atoms with Crippen LogP contribution in [0.2, 0.25) is 0 Å². The lowest BCUT2D eigenvalue weighted by molar-refractivity contribution is 0.214. The summed E-state index contributed by atoms with van der Waals surface area (Å²) in [6.07, 6.45) is 0. The molecule has 2 aromatic rings. The molecular weight excluding hydrogens is 334 g/mol. The third-order valence-electron chi connectivity index (χ3n) is 4.06. The summed E-state index contributed by atoms with van der Waals surface area (Å²) >= 11 is 0. The molecule has 1 aliphatic heterocycles. The molecule has 25 heavy (non-hydrogen) atoms. The minimum absolute atomic E-state index is 0. The van der Waals surface area contributed by atoms with Crippen LogP contribution in [0.25, 0.3) is 0 Å². The van der Waals surface area contributed by atoms with Crippen LogP contribution in [0.5, 0.6) is 0 Å². The normalized spacial score (nSPS) is 16.4. The molecule has 0 spiro atoms. The molecule has 0 aliphatic carbocycles. The molecule has 1 fully saturated rings. The third-order valence-corrected chi connectivity index (χ3v) is 4.06. The Morgan fingerprint density at radius 1 is 0.880 bits per heavy atom. The summed E-state index contributed by atoms with van der Waals surface area (Å²) in [5.74, 6) is 1.17. The first-order valence-corrected chi connectivity index (χ1v) is 8.19. The van der Waals surface area contributed by atoms with Crippen LogP contribution in [0.15, 0.2) is 70.6 Å². The Balaban J connectivity index is 0.00000225. The number of aliphatic imine (C=N–C) groups is 2. The lowest BCUT2D eigenvalue weighted by Crippen LogP contribution is -2.47. The number of nitrogens with zero attached hydrogens (tertiary/aromatic N) is 4. The van der Waals surface area contributed by atoms with E-state index in [2.05, 4.69) is 21.8 Å². The summed E-state index contributed by atoms with van der Waals surface area (Å²) in [5.41, 5.74) is 8.01. The van der Waals surface area contributed by atoms with Gasteiger partial charge in [-0.1, -0.05) is 48.5 Å². The van der Waals surface area contributed by atoms with E-state index in [0.717, 1.165) is 37.4 Å². The molecule has 0 atom stereocenters. The van der Waals surface area contributed by atoms with Crippen LogP contribution in [0.3, 0.4) is 0 Å². The fourth-order valence-corrected chi connectivity index (χ4v) is 2.57. The van der Waals surface area contributed by atoms with E-state index in [-0.39, 0.29) is 12.4 Å². The summed E-state index contributed by atoms with van der Waals surface area (Å²) in [4.78, 5) is 13.9. The summed E-state index contributed by atoms with van der Waals surface area (Å²) in [6, 6.07) is 19.7. The lowest BCUT2D eigenvalue weighted by atomic mass is 10.2. The van der Waals surface area contributed by atoms with Crippen molar-refractivity contribution in [2.24, 2.45) is 15.7 Å². The maximum absolute atomic E-state index is 6.22. The fraction of sp³-hybridized carbons (Fsp3) is 0.263. The Morgan fingerprint density at radius 3 is 2.04 bits per heavy atom. The molecule has 6 heteroatoms. The Morgan fingerprint density at radius 2 is 1.44 bits per heavy atom. The average molecular weight is 358 g/mol. The fourth-order valence-electron chi connectivity index (χ4n) is 2.57. The van der Waals surface area contributed by atoms with Gasteiger partial charge in [0, 0.05) is 31.7 Å². The predicted molar refractivity (Wildman–Crippen MR) is 107 cm³/mol. The van der Waals surface area contributed by atoms with Crippen LogP contribution in [0, 0.1) is 0 Å². The van der Waals surface area contributed by atoms with Crippen molar-refractivity contribution in [2.75, 3.05) is 33.2 Å². The van der Waals surface area contributed by atoms with Crippen molar-refractivity contribution < 1.29 is 0 Å². The number of rotatable bonds is 2. The molecule has 2 N–H and O–H groups in total. The molecule has 1 aliphatic rings. The van der Waals surface area contributed by atoms with Crippen molar-refractivity contribution in [1.82, 2.24) is 9.80 Å². The second-order valence-corrected chi connectivity index (χ2v) is 5.90. The molecule has 1 heterocycles. The number of nitrogens with two attached hydrogens (primary N) is 1. The van der Waals surface area contributed by atoms with Crippen LogP contribution in [-0.4, -0.2) is 54.8 Å². The Bertz CT molecular complexity index is 707. The van der Waals surface area contributed by atoms with Gasteiger partial charge in [0.1, 0.15) is 5.84 Å². The molecule has 3 rings (SSSR count). The standard InChI is InChI=1S/C19H23N5.ClH/c1-23-12-14-24(15-13-23)19(21-17-10-6-3-7-11-17)22-18(20)16-8-4-2-5-9-16;/h2-11H,12-15H2,1H3,(H2,20,21,22);1H. The summed E-state index contributed by atoms with van der Waals surface area (Å²) in [6.45, 7) is 3.78. The van der Waals surface area contributed by atoms with Crippen LogP contribution in [-0.2, 0) is 0 Å². The highest BCUT2D eigenvalue weighted by Gasteiger charge is 2.18. The Labute approximate surface area is 155 Å². The number of likely N-dealkylation sites (N-methyl/N-ethyl adjacent to an activating group) is 1. The van der Waals surface area contributed by atoms with E-state index < -0.39 is 0 Å². The van der Waals surface area contributed by atoms with Crippen LogP contribution in [0.4, 0.5) is 5.69 Å². The molecule has 5 nitrogen and oxygen atoms in total. The van der Waals surface area contributed by atoms with Gasteiger partial charge in [-0.05, 0) is 19.2 Å². The number of hydrogen-bond acceptors (Lipinski definition) is 2. The van der Waals surface area contributed by atoms with Gasteiger partial charge in [-0.2, -0.15) is 4.99 Å². The molecule has 1 saturated heterocycles. The lowest BCUT2D eigenvalue weighted by Gasteiger charge is -2.33. The van der Waals surface area contributed by atoms with Gasteiger partial charge in [0.15, 0.2) is 0 Å². The second-order valence-electron chi connectivity index (χ2n) is 5.90. The second kappa shape index (κ2) is 9.20. The van der Waals surface area contributed by atoms with Gasteiger partial charge in [0.25, 0.3) is 0 Å². The maximum atomic E-state index is 6.22. The summed E-state index contributed by atoms with van der Waals surface area (Å²) in [5, 5.41) is 0. The van der Waals surface area contributed by atoms with E-state index in [0.29, 0.717) is 11.8 Å². The Hall–Kier alpha value is -2.37. The third kappa shape index (κ3) is 5.31. The minimum Gasteiger partial charge on any atom is -0.383 e. The van der Waals surface area contributed by atoms with E-state index in [1.807, 2.05) is 60.7 Å². The quantitative estimate of drug-likeness (QED) is 0.664. The van der Waals surface area contributed by atoms with Gasteiger partial charge in [-0.3, -0.25) is 0 Å². The first-order chi connectivity index (χ1) is 11.7. The molecule has 0 bridgehead atoms. The monoisotopic (exact) mass is 357 g/mol. The van der Waals surface area contributed by atoms with Crippen LogP contribution < -0.4 is 5.73 Å². The average Bonchev–Trinajstić information content (AvgIpc) is 2.63. The number of amidine groups is 1. The van der Waals surface area contributed by atoms with E-state index in [1.54, 1.807) is 0 Å². The molecule has 2 aromatic carbocycles. The highest BCUT2D eigenvalue weighted by atomic mass is 35.5. The largest absolute Gasteiger partial charge is 0.383 e. The molecule has 0 amide bonds. The van der Waals surface area contributed by atoms with Crippen molar-refractivity contribution in [3.05, 3.63) is 66.2 Å². The van der Waals surface area contributed by atoms with Crippen molar-refractivity contribution in [1.29, 1.82) is 0 Å². The zero-order valence-electron chi connectivity index (χ0n) is 14.4. The van der Waals surface area contributed by atoms with E-state index in [9.17, 15) is 0 Å². The first-order valence-electron chi connectivity index (χ1n) is 8.19. The molecular formula is C19H24ClN5. The number of piperazine rings is 1. The minimum atomic E-state index is 0. The molecule has 0 saturated carbocycles. The molecule has 0 aromatic heterocycles. The van der Waals surface area contributed by atoms with E-state index in [1.165, 1.54) is 0 Å². The molecule has 0 unspecified atom stereocenters. The zero-order valence-corrected chi connectivity index (χ0v) is 15.2. The van der Waals surface area contributed by atoms with Gasteiger partial charge in [0.2, 0.25) is 5.96 Å². The number of para-hydroxylation sites is 1. The van der Waals surface area contributed by atoms with Crippen LogP contribution >= 0.6 is 12.4 Å². The summed E-state index contributed by atoms with van der Waals surface area (Å²) in [7, 11) is 2.13. The zero-order chi connectivity index (χ0) is 16.8. The van der Waals surface area contributed by atoms with Gasteiger partial charge in [0.05, 0.1) is 5.69 Å². The maximum Gasteiger partial charge on any atom is 0.227 e. The number of benzene rings is 2. The van der Waals surface area contributed by atoms with Gasteiger partial charge < -0.3 is 15.5 Å². The van der Waals surface area contributed by atoms with Gasteiger partial charge in [-0.25, -0.2) is 4.99 Å². The van der Waals surface area contributed by atoms with Crippen molar-refractivity contribution in [3.8, 4) is 0 Å². The van der Waals surface area contributed by atoms with E-state index >= 15 is 0 Å². The van der Waals surface area contributed by atoms with E-state index in [4.69, 9.17) is 10.7 Å². The molecule has 0 radical (unpaired) electrons. The highest BCUT2D eigenvalue weighted by Crippen LogP contribution is 2.13. The highest BCUT2D eigenvalue weighted by molar-refractivity contribution is 6.05.